The topological polar surface area (TPSA) is 64.8 Å². The Morgan fingerprint density at radius 2 is 1.31 bits per heavy atom. The number of unbranched alkanes of at least 4 members (excludes halogenated alkanes) is 9. The summed E-state index contributed by atoms with van der Waals surface area (Å²) in [5.74, 6) is 1.99. The van der Waals surface area contributed by atoms with Crippen LogP contribution in [-0.4, -0.2) is 40.6 Å². The van der Waals surface area contributed by atoms with Crippen LogP contribution in [0.3, 0.4) is 0 Å². The Kier molecular flexibility index (Phi) is 13.5. The molecule has 1 aliphatic rings. The van der Waals surface area contributed by atoms with Gasteiger partial charge in [-0.1, -0.05) is 133 Å². The fourth-order valence-electron chi connectivity index (χ4n) is 8.20. The maximum atomic E-state index is 7.22. The Hall–Kier alpha value is -4.62. The van der Waals surface area contributed by atoms with Crippen molar-refractivity contribution in [2.24, 2.45) is 0 Å². The first-order chi connectivity index (χ1) is 26.5. The second kappa shape index (κ2) is 18.6. The predicted octanol–water partition coefficient (Wildman–Crippen LogP) is 11.5. The van der Waals surface area contributed by atoms with E-state index in [0.717, 1.165) is 42.2 Å². The number of methoxy groups -OCH3 is 2. The monoisotopic (exact) mass is 745 g/mol. The summed E-state index contributed by atoms with van der Waals surface area (Å²) in [5, 5.41) is 15.6. The Balaban J connectivity index is 1.36. The molecule has 0 atom stereocenters. The number of para-hydroxylation sites is 3. The first kappa shape index (κ1) is 39.1. The molecule has 0 saturated carbocycles. The third-order valence-electron chi connectivity index (χ3n) is 11.2. The van der Waals surface area contributed by atoms with Crippen molar-refractivity contribution in [3.05, 3.63) is 106 Å². The van der Waals surface area contributed by atoms with Gasteiger partial charge in [-0.3, -0.25) is 0 Å². The molecule has 5 aromatic rings. The number of rotatable bonds is 19. The van der Waals surface area contributed by atoms with Gasteiger partial charge in [0.05, 0.1) is 25.0 Å². The summed E-state index contributed by atoms with van der Waals surface area (Å²) < 4.78 is 13.2. The van der Waals surface area contributed by atoms with Crippen molar-refractivity contribution >= 4 is 29.0 Å². The Morgan fingerprint density at radius 3 is 1.98 bits per heavy atom. The second-order valence-corrected chi connectivity index (χ2v) is 14.7. The fraction of sp³-hybridized carbons (Fsp3) is 0.413. The van der Waals surface area contributed by atoms with E-state index in [2.05, 4.69) is 66.2 Å². The first-order valence-electron chi connectivity index (χ1n) is 20.0. The van der Waals surface area contributed by atoms with Gasteiger partial charge in [-0.2, -0.15) is 9.61 Å². The molecular weight excluding hydrogens is 690 g/mol. The summed E-state index contributed by atoms with van der Waals surface area (Å²) in [7, 11) is 3.33. The highest BCUT2D eigenvalue weighted by Gasteiger charge is 2.44. The molecule has 0 saturated heterocycles. The quantitative estimate of drug-likeness (QED) is 0.0784. The zero-order chi connectivity index (χ0) is 37.9. The Bertz CT molecular complexity index is 2110. The number of ether oxygens (including phenoxy) is 2. The van der Waals surface area contributed by atoms with Crippen LogP contribution in [0.4, 0.5) is 5.69 Å². The van der Waals surface area contributed by atoms with Crippen molar-refractivity contribution in [3.8, 4) is 34.1 Å². The third-order valence-corrected chi connectivity index (χ3v) is 11.4. The van der Waals surface area contributed by atoms with Crippen LogP contribution in [0.1, 0.15) is 103 Å². The lowest BCUT2D eigenvalue weighted by atomic mass is 9.75. The smallest absolute Gasteiger partial charge is 0.189 e. The van der Waals surface area contributed by atoms with E-state index in [4.69, 9.17) is 26.2 Å². The number of anilines is 1. The van der Waals surface area contributed by atoms with Crippen LogP contribution < -0.4 is 19.6 Å². The molecule has 0 amide bonds. The van der Waals surface area contributed by atoms with Crippen LogP contribution in [0.15, 0.2) is 95.7 Å². The van der Waals surface area contributed by atoms with Gasteiger partial charge in [-0.25, -0.2) is 0 Å². The molecule has 0 unspecified atom stereocenters. The zero-order valence-electron chi connectivity index (χ0n) is 32.8. The normalized spacial score (nSPS) is 15.1. The molecule has 0 aliphatic carbocycles. The van der Waals surface area contributed by atoms with E-state index in [0.29, 0.717) is 33.7 Å². The average Bonchev–Trinajstić information content (AvgIpc) is 3.86. The Morgan fingerprint density at radius 1 is 0.722 bits per heavy atom. The molecule has 2 aromatic heterocycles. The molecule has 0 radical (unpaired) electrons. The van der Waals surface area contributed by atoms with Gasteiger partial charge in [0.2, 0.25) is 0 Å². The summed E-state index contributed by atoms with van der Waals surface area (Å²) >= 11 is 7.22. The average molecular weight is 746 g/mol. The van der Waals surface area contributed by atoms with Crippen LogP contribution in [0, 0.1) is 0 Å². The van der Waals surface area contributed by atoms with Crippen molar-refractivity contribution < 1.29 is 9.47 Å². The van der Waals surface area contributed by atoms with Gasteiger partial charge < -0.3 is 14.4 Å². The lowest BCUT2D eigenvalue weighted by molar-refractivity contribution is 0.416. The molecule has 0 N–H and O–H groups in total. The van der Waals surface area contributed by atoms with E-state index in [1.165, 1.54) is 74.7 Å². The number of halogens is 1. The highest BCUT2D eigenvalue weighted by Crippen LogP contribution is 2.52. The summed E-state index contributed by atoms with van der Waals surface area (Å²) in [6.45, 7) is 7.90. The number of aromatic nitrogens is 4. The van der Waals surface area contributed by atoms with Crippen molar-refractivity contribution in [2.75, 3.05) is 25.7 Å². The molecule has 6 rings (SSSR count). The van der Waals surface area contributed by atoms with Crippen molar-refractivity contribution in [1.82, 2.24) is 19.8 Å². The lowest BCUT2D eigenvalue weighted by Gasteiger charge is -2.32. The highest BCUT2D eigenvalue weighted by molar-refractivity contribution is 6.34. The van der Waals surface area contributed by atoms with Crippen molar-refractivity contribution in [3.63, 3.8) is 0 Å². The number of nitrogens with zero attached hydrogens (tertiary/aromatic N) is 5. The van der Waals surface area contributed by atoms with Crippen LogP contribution in [0.25, 0.3) is 34.4 Å². The van der Waals surface area contributed by atoms with E-state index in [-0.39, 0.29) is 5.41 Å². The molecule has 284 valence electrons. The molecular formula is C46H56ClN5O2. The number of allylic oxidation sites excluding steroid dienone is 4. The SMILES string of the molecule is CCCCCCCCCCCCN1C(=CC=C(Cl)C=c2c(-c3ccccc3OC)nn3c(-c4ccccc4OC)nnc23)C(CC)(CC)c2ccccc21. The van der Waals surface area contributed by atoms with Gasteiger partial charge in [-0.05, 0) is 73.4 Å². The molecule has 0 bridgehead atoms. The summed E-state index contributed by atoms with van der Waals surface area (Å²) in [6.07, 6.45) is 21.5. The van der Waals surface area contributed by atoms with Gasteiger partial charge in [-0.15, -0.1) is 10.2 Å². The van der Waals surface area contributed by atoms with E-state index in [9.17, 15) is 0 Å². The van der Waals surface area contributed by atoms with Crippen LogP contribution >= 0.6 is 11.6 Å². The van der Waals surface area contributed by atoms with Crippen LogP contribution in [0.2, 0.25) is 0 Å². The van der Waals surface area contributed by atoms with Gasteiger partial charge >= 0.3 is 0 Å². The highest BCUT2D eigenvalue weighted by atomic mass is 35.5. The standard InChI is InChI=1S/C46H56ClN5O2/c1-6-9-10-11-12-13-14-15-16-23-32-51-39-27-20-19-26-38(39)46(7-2,8-3)42(51)31-30-34(47)33-37-43(35-24-17-21-28-40(35)53-4)50-52-44(48-49-45(37)52)36-25-18-22-29-41(36)54-5/h17-22,24-31,33H,6-16,23,32H2,1-5H3. The molecule has 8 heteroatoms. The largest absolute Gasteiger partial charge is 0.496 e. The fourth-order valence-corrected chi connectivity index (χ4v) is 8.37. The van der Waals surface area contributed by atoms with Gasteiger partial charge in [0.15, 0.2) is 11.5 Å². The maximum absolute atomic E-state index is 7.22. The van der Waals surface area contributed by atoms with Gasteiger partial charge in [0.25, 0.3) is 0 Å². The molecule has 54 heavy (non-hydrogen) atoms. The van der Waals surface area contributed by atoms with Crippen molar-refractivity contribution in [2.45, 2.75) is 103 Å². The zero-order valence-corrected chi connectivity index (χ0v) is 33.5. The van der Waals surface area contributed by atoms with E-state index >= 15 is 0 Å². The molecule has 0 fully saturated rings. The molecule has 3 aromatic carbocycles. The third kappa shape index (κ3) is 8.07. The van der Waals surface area contributed by atoms with E-state index in [1.807, 2.05) is 60.7 Å². The minimum atomic E-state index is -0.0862. The Labute approximate surface area is 326 Å². The summed E-state index contributed by atoms with van der Waals surface area (Å²) in [6, 6.07) is 24.6. The lowest BCUT2D eigenvalue weighted by Crippen LogP contribution is -2.30. The van der Waals surface area contributed by atoms with Crippen LogP contribution in [-0.2, 0) is 5.41 Å². The van der Waals surface area contributed by atoms with Crippen molar-refractivity contribution in [1.29, 1.82) is 0 Å². The molecule has 1 aliphatic heterocycles. The maximum Gasteiger partial charge on any atom is 0.189 e. The first-order valence-corrected chi connectivity index (χ1v) is 20.4. The minimum absolute atomic E-state index is 0.0862. The number of benzene rings is 3. The van der Waals surface area contributed by atoms with E-state index < -0.39 is 0 Å². The molecule has 7 nitrogen and oxygen atoms in total. The summed E-state index contributed by atoms with van der Waals surface area (Å²) in [5.41, 5.74) is 6.91. The van der Waals surface area contributed by atoms with Gasteiger partial charge in [0, 0.05) is 33.9 Å². The number of hydrogen-bond acceptors (Lipinski definition) is 6. The minimum Gasteiger partial charge on any atom is -0.496 e. The summed E-state index contributed by atoms with van der Waals surface area (Å²) in [4.78, 5) is 2.56. The van der Waals surface area contributed by atoms with E-state index in [1.54, 1.807) is 18.7 Å². The number of hydrogen-bond donors (Lipinski definition) is 0. The van der Waals surface area contributed by atoms with Gasteiger partial charge in [0.1, 0.15) is 17.2 Å². The second-order valence-electron chi connectivity index (χ2n) is 14.3. The molecule has 3 heterocycles. The van der Waals surface area contributed by atoms with Crippen LogP contribution in [0.5, 0.6) is 11.5 Å². The number of fused-ring (bicyclic) bond motifs is 2. The predicted molar refractivity (Wildman–Crippen MR) is 224 cm³/mol. The molecule has 0 spiro atoms.